The van der Waals surface area contributed by atoms with Crippen LogP contribution in [0.25, 0.3) is 6.08 Å². The molecule has 116 valence electrons. The average molecular weight is 306 g/mol. The molecule has 4 heteroatoms. The molecule has 0 aliphatic carbocycles. The average Bonchev–Trinajstić information content (AvgIpc) is 2.82. The van der Waals surface area contributed by atoms with Crippen LogP contribution in [0.1, 0.15) is 30.9 Å². The lowest BCUT2D eigenvalue weighted by molar-refractivity contribution is -0.113. The number of benzene rings is 2. The Balaban J connectivity index is 1.87. The fraction of sp³-hybridized carbons (Fsp3) is 0.158. The van der Waals surface area contributed by atoms with Gasteiger partial charge in [-0.05, 0) is 35.3 Å². The number of hydrogen-bond donors (Lipinski definition) is 1. The number of urea groups is 1. The zero-order valence-electron chi connectivity index (χ0n) is 13.1. The van der Waals surface area contributed by atoms with Crippen molar-refractivity contribution in [3.05, 3.63) is 71.4 Å². The molecule has 0 radical (unpaired) electrons. The number of para-hydroxylation sites is 1. The maximum Gasteiger partial charge on any atom is 0.333 e. The van der Waals surface area contributed by atoms with Gasteiger partial charge < -0.3 is 5.32 Å². The van der Waals surface area contributed by atoms with E-state index in [9.17, 15) is 9.59 Å². The Kier molecular flexibility index (Phi) is 3.98. The summed E-state index contributed by atoms with van der Waals surface area (Å²) in [6.07, 6.45) is 1.70. The summed E-state index contributed by atoms with van der Waals surface area (Å²) in [7, 11) is 0. The fourth-order valence-corrected chi connectivity index (χ4v) is 2.49. The van der Waals surface area contributed by atoms with Gasteiger partial charge in [0.2, 0.25) is 0 Å². The van der Waals surface area contributed by atoms with Crippen LogP contribution >= 0.6 is 0 Å². The van der Waals surface area contributed by atoms with Crippen LogP contribution in [-0.4, -0.2) is 11.9 Å². The van der Waals surface area contributed by atoms with E-state index >= 15 is 0 Å². The molecule has 3 rings (SSSR count). The normalized spacial score (nSPS) is 16.3. The minimum Gasteiger partial charge on any atom is -0.302 e. The number of hydrogen-bond acceptors (Lipinski definition) is 2. The second-order valence-corrected chi connectivity index (χ2v) is 5.79. The molecule has 3 amide bonds. The summed E-state index contributed by atoms with van der Waals surface area (Å²) in [5.41, 5.74) is 2.97. The van der Waals surface area contributed by atoms with Crippen molar-refractivity contribution < 1.29 is 9.59 Å². The Labute approximate surface area is 135 Å². The molecule has 2 aromatic carbocycles. The standard InChI is InChI=1S/C19H18N2O2/c1-13(2)15-10-8-14(9-11-15)12-17-18(22)21(19(23)20-17)16-6-4-3-5-7-16/h3-13H,1-2H3,(H,20,23)/b17-12-. The van der Waals surface area contributed by atoms with E-state index < -0.39 is 6.03 Å². The third kappa shape index (κ3) is 3.01. The van der Waals surface area contributed by atoms with Gasteiger partial charge in [-0.15, -0.1) is 0 Å². The lowest BCUT2D eigenvalue weighted by Crippen LogP contribution is -2.30. The number of amides is 3. The minimum atomic E-state index is -0.425. The number of carbonyl (C=O) groups excluding carboxylic acids is 2. The van der Waals surface area contributed by atoms with Gasteiger partial charge in [0.1, 0.15) is 5.70 Å². The van der Waals surface area contributed by atoms with Crippen LogP contribution in [0.4, 0.5) is 10.5 Å². The van der Waals surface area contributed by atoms with E-state index in [-0.39, 0.29) is 11.6 Å². The highest BCUT2D eigenvalue weighted by Crippen LogP contribution is 2.22. The van der Waals surface area contributed by atoms with Crippen molar-refractivity contribution in [3.63, 3.8) is 0 Å². The largest absolute Gasteiger partial charge is 0.333 e. The van der Waals surface area contributed by atoms with Crippen LogP contribution in [0.3, 0.4) is 0 Å². The Morgan fingerprint density at radius 1 is 0.957 bits per heavy atom. The van der Waals surface area contributed by atoms with Crippen LogP contribution in [0.15, 0.2) is 60.3 Å². The van der Waals surface area contributed by atoms with E-state index in [1.54, 1.807) is 30.3 Å². The van der Waals surface area contributed by atoms with E-state index in [1.165, 1.54) is 5.56 Å². The smallest absolute Gasteiger partial charge is 0.302 e. The molecule has 1 fully saturated rings. The SMILES string of the molecule is CC(C)c1ccc(/C=C2\NC(=O)N(c3ccccc3)C2=O)cc1. The maximum atomic E-state index is 12.5. The summed E-state index contributed by atoms with van der Waals surface area (Å²) >= 11 is 0. The van der Waals surface area contributed by atoms with Gasteiger partial charge in [0.05, 0.1) is 5.69 Å². The van der Waals surface area contributed by atoms with Crippen LogP contribution in [-0.2, 0) is 4.79 Å². The third-order valence-corrected chi connectivity index (χ3v) is 3.81. The molecule has 1 aliphatic rings. The third-order valence-electron chi connectivity index (χ3n) is 3.81. The molecule has 0 saturated carbocycles. The number of rotatable bonds is 3. The lowest BCUT2D eigenvalue weighted by Gasteiger charge is -2.10. The molecule has 1 saturated heterocycles. The number of imide groups is 1. The summed E-state index contributed by atoms with van der Waals surface area (Å²) in [5, 5.41) is 2.64. The highest BCUT2D eigenvalue weighted by atomic mass is 16.2. The predicted octanol–water partition coefficient (Wildman–Crippen LogP) is 3.91. The van der Waals surface area contributed by atoms with Crippen molar-refractivity contribution in [1.29, 1.82) is 0 Å². The van der Waals surface area contributed by atoms with Crippen molar-refractivity contribution in [2.24, 2.45) is 0 Å². The minimum absolute atomic E-state index is 0.288. The van der Waals surface area contributed by atoms with Crippen LogP contribution < -0.4 is 10.2 Å². The van der Waals surface area contributed by atoms with E-state index in [0.717, 1.165) is 10.5 Å². The van der Waals surface area contributed by atoms with Gasteiger partial charge in [0.15, 0.2) is 0 Å². The van der Waals surface area contributed by atoms with Crippen molar-refractivity contribution >= 4 is 23.7 Å². The number of anilines is 1. The summed E-state index contributed by atoms with van der Waals surface area (Å²) in [5.74, 6) is 0.118. The van der Waals surface area contributed by atoms with Crippen LogP contribution in [0, 0.1) is 0 Å². The molecule has 4 nitrogen and oxygen atoms in total. The molecule has 0 aromatic heterocycles. The zero-order valence-corrected chi connectivity index (χ0v) is 13.1. The van der Waals surface area contributed by atoms with Gasteiger partial charge in [-0.25, -0.2) is 9.69 Å². The Morgan fingerprint density at radius 2 is 1.61 bits per heavy atom. The van der Waals surface area contributed by atoms with Crippen molar-refractivity contribution in [3.8, 4) is 0 Å². The molecule has 0 unspecified atom stereocenters. The first-order valence-electron chi connectivity index (χ1n) is 7.58. The van der Waals surface area contributed by atoms with E-state index in [0.29, 0.717) is 11.6 Å². The molecule has 0 bridgehead atoms. The van der Waals surface area contributed by atoms with Gasteiger partial charge in [-0.1, -0.05) is 56.3 Å². The van der Waals surface area contributed by atoms with Gasteiger partial charge in [0.25, 0.3) is 5.91 Å². The molecule has 2 aromatic rings. The molecule has 1 heterocycles. The highest BCUT2D eigenvalue weighted by molar-refractivity contribution is 6.28. The topological polar surface area (TPSA) is 49.4 Å². The van der Waals surface area contributed by atoms with Gasteiger partial charge in [-0.2, -0.15) is 0 Å². The van der Waals surface area contributed by atoms with Crippen LogP contribution in [0.5, 0.6) is 0 Å². The second-order valence-electron chi connectivity index (χ2n) is 5.79. The molecule has 0 spiro atoms. The van der Waals surface area contributed by atoms with Gasteiger partial charge >= 0.3 is 6.03 Å². The lowest BCUT2D eigenvalue weighted by atomic mass is 10.0. The highest BCUT2D eigenvalue weighted by Gasteiger charge is 2.34. The summed E-state index contributed by atoms with van der Waals surface area (Å²) in [6, 6.07) is 16.4. The summed E-state index contributed by atoms with van der Waals surface area (Å²) in [4.78, 5) is 25.7. The second kappa shape index (κ2) is 6.08. The zero-order chi connectivity index (χ0) is 16.4. The van der Waals surface area contributed by atoms with Gasteiger partial charge in [0, 0.05) is 0 Å². The molecular weight excluding hydrogens is 288 g/mol. The first-order valence-corrected chi connectivity index (χ1v) is 7.58. The monoisotopic (exact) mass is 306 g/mol. The molecule has 1 N–H and O–H groups in total. The van der Waals surface area contributed by atoms with Crippen molar-refractivity contribution in [1.82, 2.24) is 5.32 Å². The first kappa shape index (κ1) is 15.0. The van der Waals surface area contributed by atoms with E-state index in [4.69, 9.17) is 0 Å². The van der Waals surface area contributed by atoms with E-state index in [2.05, 4.69) is 19.2 Å². The quantitative estimate of drug-likeness (QED) is 0.690. The van der Waals surface area contributed by atoms with Crippen molar-refractivity contribution in [2.75, 3.05) is 4.90 Å². The number of nitrogens with zero attached hydrogens (tertiary/aromatic N) is 1. The van der Waals surface area contributed by atoms with Crippen LogP contribution in [0.2, 0.25) is 0 Å². The number of nitrogens with one attached hydrogen (secondary N) is 1. The summed E-state index contributed by atoms with van der Waals surface area (Å²) < 4.78 is 0. The molecule has 1 aliphatic heterocycles. The Morgan fingerprint density at radius 3 is 2.22 bits per heavy atom. The van der Waals surface area contributed by atoms with Gasteiger partial charge in [-0.3, -0.25) is 4.79 Å². The predicted molar refractivity (Wildman–Crippen MR) is 91.0 cm³/mol. The Bertz CT molecular complexity index is 762. The summed E-state index contributed by atoms with van der Waals surface area (Å²) in [6.45, 7) is 4.26. The molecular formula is C19H18N2O2. The van der Waals surface area contributed by atoms with Crippen molar-refractivity contribution in [2.45, 2.75) is 19.8 Å². The molecule has 0 atom stereocenters. The first-order chi connectivity index (χ1) is 11.1. The molecule has 23 heavy (non-hydrogen) atoms. The maximum absolute atomic E-state index is 12.5. The Hall–Kier alpha value is -2.88. The fourth-order valence-electron chi connectivity index (χ4n) is 2.49. The van der Waals surface area contributed by atoms with E-state index in [1.807, 2.05) is 30.3 Å². The number of carbonyl (C=O) groups is 2.